The van der Waals surface area contributed by atoms with Crippen molar-refractivity contribution in [2.24, 2.45) is 0 Å². The molecule has 0 aliphatic rings. The first-order valence-electron chi connectivity index (χ1n) is 2.28. The first-order chi connectivity index (χ1) is 3.31. The van der Waals surface area contributed by atoms with Gasteiger partial charge in [0.25, 0.3) is 0 Å². The van der Waals surface area contributed by atoms with Crippen molar-refractivity contribution in [3.8, 4) is 0 Å². The fourth-order valence-corrected chi connectivity index (χ4v) is 0.295. The first-order valence-corrected chi connectivity index (χ1v) is 2.28. The Bertz CT molecular complexity index is 52.9. The van der Waals surface area contributed by atoms with Gasteiger partial charge >= 0.3 is 0 Å². The third-order valence-corrected chi connectivity index (χ3v) is 0.601. The van der Waals surface area contributed by atoms with Crippen LogP contribution in [0.2, 0.25) is 0 Å². The quantitative estimate of drug-likeness (QED) is 0.299. The van der Waals surface area contributed by atoms with Crippen molar-refractivity contribution in [3.05, 3.63) is 0 Å². The Kier molecular flexibility index (Phi) is 3.32. The molecule has 0 radical (unpaired) electrons. The topological polar surface area (TPSA) is 39.1 Å². The van der Waals surface area contributed by atoms with E-state index < -0.39 is 0 Å². The molecule has 0 aliphatic carbocycles. The van der Waals surface area contributed by atoms with Crippen molar-refractivity contribution < 1.29 is 0 Å². The zero-order valence-corrected chi connectivity index (χ0v) is 4.73. The number of hydrazine groups is 1. The van der Waals surface area contributed by atoms with Crippen LogP contribution in [-0.4, -0.2) is 24.9 Å². The SMILES string of the molecule is CCNN(C)C=N. The molecule has 0 amide bonds. The molecule has 0 bridgehead atoms. The summed E-state index contributed by atoms with van der Waals surface area (Å²) in [6, 6.07) is 0. The van der Waals surface area contributed by atoms with Crippen LogP contribution in [0.1, 0.15) is 6.92 Å². The molecule has 0 spiro atoms. The summed E-state index contributed by atoms with van der Waals surface area (Å²) in [5.41, 5.74) is 2.89. The maximum Gasteiger partial charge on any atom is 0.0957 e. The molecule has 42 valence electrons. The lowest BCUT2D eigenvalue weighted by atomic mass is 10.8. The van der Waals surface area contributed by atoms with Gasteiger partial charge in [0, 0.05) is 13.6 Å². The highest BCUT2D eigenvalue weighted by Crippen LogP contribution is 1.60. The molecule has 0 aliphatic heterocycles. The van der Waals surface area contributed by atoms with Gasteiger partial charge in [-0.25, -0.2) is 5.43 Å². The molecule has 2 N–H and O–H groups in total. The number of rotatable bonds is 3. The molecule has 0 aromatic heterocycles. The van der Waals surface area contributed by atoms with Crippen molar-refractivity contribution in [1.82, 2.24) is 10.4 Å². The van der Waals surface area contributed by atoms with E-state index in [0.717, 1.165) is 6.54 Å². The maximum atomic E-state index is 6.65. The fraction of sp³-hybridized carbons (Fsp3) is 0.750. The summed E-state index contributed by atoms with van der Waals surface area (Å²) < 4.78 is 0. The highest BCUT2D eigenvalue weighted by molar-refractivity contribution is 5.48. The zero-order chi connectivity index (χ0) is 5.70. The maximum absolute atomic E-state index is 6.65. The van der Waals surface area contributed by atoms with Crippen LogP contribution in [0, 0.1) is 5.41 Å². The largest absolute Gasteiger partial charge is 0.302 e. The van der Waals surface area contributed by atoms with Crippen LogP contribution in [0.15, 0.2) is 0 Å². The van der Waals surface area contributed by atoms with Gasteiger partial charge in [0.15, 0.2) is 0 Å². The van der Waals surface area contributed by atoms with Gasteiger partial charge in [-0.2, -0.15) is 0 Å². The van der Waals surface area contributed by atoms with E-state index in [1.807, 2.05) is 6.92 Å². The lowest BCUT2D eigenvalue weighted by molar-refractivity contribution is 0.387. The van der Waals surface area contributed by atoms with Crippen LogP contribution in [-0.2, 0) is 0 Å². The Morgan fingerprint density at radius 3 is 2.57 bits per heavy atom. The number of nitrogens with zero attached hydrogens (tertiary/aromatic N) is 1. The van der Waals surface area contributed by atoms with Crippen LogP contribution >= 0.6 is 0 Å². The molecule has 7 heavy (non-hydrogen) atoms. The summed E-state index contributed by atoms with van der Waals surface area (Å²) in [7, 11) is 1.79. The fourth-order valence-electron chi connectivity index (χ4n) is 0.295. The lowest BCUT2D eigenvalue weighted by Crippen LogP contribution is -2.32. The molecule has 0 rings (SSSR count). The second-order valence-corrected chi connectivity index (χ2v) is 1.25. The minimum absolute atomic E-state index is 0.867. The van der Waals surface area contributed by atoms with Gasteiger partial charge in [-0.3, -0.25) is 5.41 Å². The molecule has 0 aromatic carbocycles. The first kappa shape index (κ1) is 6.43. The predicted octanol–water partition coefficient (Wildman–Crippen LogP) is 0.0498. The summed E-state index contributed by atoms with van der Waals surface area (Å²) in [6.45, 7) is 2.85. The van der Waals surface area contributed by atoms with Gasteiger partial charge < -0.3 is 5.01 Å². The minimum atomic E-state index is 0.867. The summed E-state index contributed by atoms with van der Waals surface area (Å²) in [5, 5.41) is 8.25. The van der Waals surface area contributed by atoms with E-state index in [4.69, 9.17) is 5.41 Å². The van der Waals surface area contributed by atoms with E-state index in [2.05, 4.69) is 5.43 Å². The molecule has 3 nitrogen and oxygen atoms in total. The van der Waals surface area contributed by atoms with Crippen LogP contribution < -0.4 is 5.43 Å². The summed E-state index contributed by atoms with van der Waals surface area (Å²) >= 11 is 0. The lowest BCUT2D eigenvalue weighted by Gasteiger charge is -2.10. The van der Waals surface area contributed by atoms with Crippen molar-refractivity contribution in [2.75, 3.05) is 13.6 Å². The second kappa shape index (κ2) is 3.61. The highest BCUT2D eigenvalue weighted by atomic mass is 15.5. The number of nitrogens with one attached hydrogen (secondary N) is 2. The van der Waals surface area contributed by atoms with Crippen LogP contribution in [0.3, 0.4) is 0 Å². The van der Waals surface area contributed by atoms with Gasteiger partial charge in [0.2, 0.25) is 0 Å². The molecule has 0 atom stereocenters. The Morgan fingerprint density at radius 1 is 1.86 bits per heavy atom. The number of hydrogen-bond acceptors (Lipinski definition) is 2. The van der Waals surface area contributed by atoms with Crippen molar-refractivity contribution in [1.29, 1.82) is 5.41 Å². The van der Waals surface area contributed by atoms with Gasteiger partial charge in [-0.05, 0) is 0 Å². The molecular formula is C4H11N3. The minimum Gasteiger partial charge on any atom is -0.302 e. The molecule has 0 saturated heterocycles. The molecule has 0 fully saturated rings. The Hall–Kier alpha value is -0.570. The van der Waals surface area contributed by atoms with Gasteiger partial charge in [-0.15, -0.1) is 0 Å². The molecule has 0 unspecified atom stereocenters. The van der Waals surface area contributed by atoms with Crippen molar-refractivity contribution >= 4 is 6.34 Å². The van der Waals surface area contributed by atoms with Crippen LogP contribution in [0.25, 0.3) is 0 Å². The Labute approximate surface area is 43.8 Å². The van der Waals surface area contributed by atoms with Crippen LogP contribution in [0.4, 0.5) is 0 Å². The molecule has 0 aromatic rings. The van der Waals surface area contributed by atoms with E-state index in [0.29, 0.717) is 0 Å². The average Bonchev–Trinajstić information content (AvgIpc) is 1.68. The highest BCUT2D eigenvalue weighted by Gasteiger charge is 1.79. The normalized spacial score (nSPS) is 8.29. The van der Waals surface area contributed by atoms with E-state index >= 15 is 0 Å². The third-order valence-electron chi connectivity index (χ3n) is 0.601. The number of hydrogen-bond donors (Lipinski definition) is 2. The standard InChI is InChI=1S/C4H11N3/c1-3-6-7(2)4-5/h4-6H,3H2,1-2H3. The van der Waals surface area contributed by atoms with Gasteiger partial charge in [0.1, 0.15) is 0 Å². The Balaban J connectivity index is 2.98. The van der Waals surface area contributed by atoms with E-state index in [-0.39, 0.29) is 0 Å². The smallest absolute Gasteiger partial charge is 0.0957 e. The second-order valence-electron chi connectivity index (χ2n) is 1.25. The molecular weight excluding hydrogens is 90.1 g/mol. The van der Waals surface area contributed by atoms with Gasteiger partial charge in [0.05, 0.1) is 6.34 Å². The summed E-state index contributed by atoms with van der Waals surface area (Å²) in [4.78, 5) is 0. The van der Waals surface area contributed by atoms with E-state index in [1.54, 1.807) is 12.1 Å². The van der Waals surface area contributed by atoms with Crippen molar-refractivity contribution in [3.63, 3.8) is 0 Å². The summed E-state index contributed by atoms with van der Waals surface area (Å²) in [6.07, 6.45) is 1.23. The summed E-state index contributed by atoms with van der Waals surface area (Å²) in [5.74, 6) is 0. The van der Waals surface area contributed by atoms with E-state index in [1.165, 1.54) is 6.34 Å². The van der Waals surface area contributed by atoms with Crippen molar-refractivity contribution in [2.45, 2.75) is 6.92 Å². The monoisotopic (exact) mass is 101 g/mol. The molecule has 0 saturated carbocycles. The molecule has 3 heteroatoms. The Morgan fingerprint density at radius 2 is 2.43 bits per heavy atom. The van der Waals surface area contributed by atoms with Crippen LogP contribution in [0.5, 0.6) is 0 Å². The van der Waals surface area contributed by atoms with E-state index in [9.17, 15) is 0 Å². The third kappa shape index (κ3) is 3.26. The predicted molar refractivity (Wildman–Crippen MR) is 30.2 cm³/mol. The molecule has 0 heterocycles. The average molecular weight is 101 g/mol. The zero-order valence-electron chi connectivity index (χ0n) is 4.73. The van der Waals surface area contributed by atoms with Gasteiger partial charge in [-0.1, -0.05) is 6.92 Å².